The van der Waals surface area contributed by atoms with Crippen molar-refractivity contribution < 1.29 is 14.6 Å². The van der Waals surface area contributed by atoms with Crippen LogP contribution in [-0.4, -0.2) is 5.97 Å². The van der Waals surface area contributed by atoms with E-state index in [9.17, 15) is 9.90 Å². The van der Waals surface area contributed by atoms with Gasteiger partial charge in [0.2, 0.25) is 0 Å². The van der Waals surface area contributed by atoms with Crippen LogP contribution < -0.4 is 0 Å². The highest BCUT2D eigenvalue weighted by Gasteiger charge is 2.10. The minimum absolute atomic E-state index is 0.465. The number of benzene rings is 1. The molecule has 0 aromatic heterocycles. The average molecular weight is 165 g/mol. The minimum Gasteiger partial charge on any atom is -0.429 e. The third-order valence-electron chi connectivity index (χ3n) is 1.34. The van der Waals surface area contributed by atoms with E-state index in [2.05, 4.69) is 4.74 Å². The van der Waals surface area contributed by atoms with Crippen molar-refractivity contribution in [3.63, 3.8) is 0 Å². The number of ether oxygens (including phenoxy) is 1. The monoisotopic (exact) mass is 165 g/mol. The third kappa shape index (κ3) is 2.36. The first kappa shape index (κ1) is 8.74. The molecule has 0 aliphatic carbocycles. The van der Waals surface area contributed by atoms with Gasteiger partial charge in [-0.1, -0.05) is 30.3 Å². The largest absolute Gasteiger partial charge is 0.429 e. The van der Waals surface area contributed by atoms with Crippen LogP contribution in [0, 0.1) is 0 Å². The predicted octanol–water partition coefficient (Wildman–Crippen LogP) is 1.68. The lowest BCUT2D eigenvalue weighted by atomic mass is 10.2. The summed E-state index contributed by atoms with van der Waals surface area (Å²) in [6.07, 6.45) is -1.40. The van der Waals surface area contributed by atoms with E-state index in [-0.39, 0.29) is 0 Å². The van der Waals surface area contributed by atoms with Crippen LogP contribution in [0.25, 0.3) is 0 Å². The Balaban J connectivity index is 2.65. The second kappa shape index (κ2) is 3.88. The molecular weight excluding hydrogens is 156 g/mol. The Kier molecular flexibility index (Phi) is 2.82. The lowest BCUT2D eigenvalue weighted by Crippen LogP contribution is -2.05. The van der Waals surface area contributed by atoms with Crippen LogP contribution in [0.5, 0.6) is 0 Å². The lowest BCUT2D eigenvalue weighted by Gasteiger charge is -2.07. The van der Waals surface area contributed by atoms with Crippen molar-refractivity contribution in [1.29, 1.82) is 0 Å². The highest BCUT2D eigenvalue weighted by Crippen LogP contribution is 2.13. The molecule has 0 saturated heterocycles. The molecule has 12 heavy (non-hydrogen) atoms. The molecule has 1 atom stereocenters. The molecule has 0 N–H and O–H groups in total. The molecule has 3 heteroatoms. The smallest absolute Gasteiger partial charge is 0.305 e. The van der Waals surface area contributed by atoms with E-state index < -0.39 is 12.3 Å². The topological polar surface area (TPSA) is 46.2 Å². The van der Waals surface area contributed by atoms with E-state index in [0.717, 1.165) is 0 Å². The normalized spacial score (nSPS) is 12.2. The van der Waals surface area contributed by atoms with Crippen LogP contribution in [0.3, 0.4) is 0 Å². The summed E-state index contributed by atoms with van der Waals surface area (Å²) in [6, 6.07) is 8.50. The van der Waals surface area contributed by atoms with Crippen LogP contribution in [0.4, 0.5) is 0 Å². The maximum Gasteiger partial charge on any atom is 0.305 e. The van der Waals surface area contributed by atoms with Crippen LogP contribution in [-0.2, 0) is 14.6 Å². The highest BCUT2D eigenvalue weighted by atomic mass is 16.6. The molecule has 0 fully saturated rings. The molecule has 1 rings (SSSR count). The molecule has 1 radical (unpaired) electrons. The van der Waals surface area contributed by atoms with Crippen molar-refractivity contribution in [3.8, 4) is 0 Å². The van der Waals surface area contributed by atoms with E-state index in [4.69, 9.17) is 0 Å². The van der Waals surface area contributed by atoms with E-state index in [1.807, 2.05) is 0 Å². The molecule has 1 aromatic rings. The summed E-state index contributed by atoms with van der Waals surface area (Å²) in [5, 5.41) is 11.1. The zero-order valence-electron chi connectivity index (χ0n) is 6.69. The van der Waals surface area contributed by atoms with Gasteiger partial charge in [0.15, 0.2) is 0 Å². The number of carbonyl (C=O) groups excluding carboxylic acids is 1. The van der Waals surface area contributed by atoms with Crippen molar-refractivity contribution in [1.82, 2.24) is 0 Å². The van der Waals surface area contributed by atoms with Gasteiger partial charge in [-0.2, -0.15) is 5.11 Å². The molecule has 0 saturated carbocycles. The van der Waals surface area contributed by atoms with Gasteiger partial charge >= 0.3 is 5.97 Å². The minimum atomic E-state index is -1.40. The van der Waals surface area contributed by atoms with E-state index in [1.165, 1.54) is 6.92 Å². The third-order valence-corrected chi connectivity index (χ3v) is 1.34. The summed E-state index contributed by atoms with van der Waals surface area (Å²) in [7, 11) is 0. The summed E-state index contributed by atoms with van der Waals surface area (Å²) >= 11 is 0. The van der Waals surface area contributed by atoms with Gasteiger partial charge in [-0.05, 0) is 0 Å². The van der Waals surface area contributed by atoms with Crippen molar-refractivity contribution in [2.24, 2.45) is 0 Å². The molecule has 1 unspecified atom stereocenters. The standard InChI is InChI=1S/C9H9O3/c1-7(10)12-9(11)8-5-3-2-4-6-8/h2-6,9H,1H3. The fourth-order valence-corrected chi connectivity index (χ4v) is 0.829. The molecule has 0 spiro atoms. The maximum atomic E-state index is 11.1. The molecule has 1 aromatic carbocycles. The van der Waals surface area contributed by atoms with Gasteiger partial charge in [0.05, 0.1) is 0 Å². The van der Waals surface area contributed by atoms with Gasteiger partial charge < -0.3 is 4.74 Å². The first-order valence-electron chi connectivity index (χ1n) is 3.58. The zero-order chi connectivity index (χ0) is 8.97. The van der Waals surface area contributed by atoms with Crippen molar-refractivity contribution in [2.45, 2.75) is 13.2 Å². The van der Waals surface area contributed by atoms with Crippen molar-refractivity contribution in [2.75, 3.05) is 0 Å². The number of rotatable bonds is 2. The van der Waals surface area contributed by atoms with E-state index in [0.29, 0.717) is 5.56 Å². The average Bonchev–Trinajstić information content (AvgIpc) is 2.05. The molecule has 3 nitrogen and oxygen atoms in total. The summed E-state index contributed by atoms with van der Waals surface area (Å²) < 4.78 is 4.44. The van der Waals surface area contributed by atoms with Gasteiger partial charge in [0.1, 0.15) is 0 Å². The summed E-state index contributed by atoms with van der Waals surface area (Å²) in [4.78, 5) is 10.4. The van der Waals surface area contributed by atoms with Crippen LogP contribution in [0.15, 0.2) is 30.3 Å². The van der Waals surface area contributed by atoms with Crippen LogP contribution in [0.1, 0.15) is 18.8 Å². The van der Waals surface area contributed by atoms with Gasteiger partial charge in [-0.15, -0.1) is 0 Å². The lowest BCUT2D eigenvalue weighted by molar-refractivity contribution is -0.178. The second-order valence-corrected chi connectivity index (χ2v) is 2.35. The first-order chi connectivity index (χ1) is 5.70. The van der Waals surface area contributed by atoms with Gasteiger partial charge in [0, 0.05) is 12.5 Å². The van der Waals surface area contributed by atoms with Crippen LogP contribution in [0.2, 0.25) is 0 Å². The van der Waals surface area contributed by atoms with Crippen LogP contribution >= 0.6 is 0 Å². The van der Waals surface area contributed by atoms with Gasteiger partial charge in [-0.3, -0.25) is 4.79 Å². The Labute approximate surface area is 70.6 Å². The first-order valence-corrected chi connectivity index (χ1v) is 3.58. The highest BCUT2D eigenvalue weighted by molar-refractivity contribution is 5.66. The summed E-state index contributed by atoms with van der Waals surface area (Å²) in [6.45, 7) is 1.22. The van der Waals surface area contributed by atoms with Gasteiger partial charge in [0.25, 0.3) is 6.29 Å². The predicted molar refractivity (Wildman–Crippen MR) is 41.6 cm³/mol. The molecule has 0 aliphatic heterocycles. The van der Waals surface area contributed by atoms with Crippen molar-refractivity contribution in [3.05, 3.63) is 35.9 Å². The number of carbonyl (C=O) groups is 1. The molecule has 0 amide bonds. The number of hydrogen-bond donors (Lipinski definition) is 0. The second-order valence-electron chi connectivity index (χ2n) is 2.35. The Hall–Kier alpha value is -1.35. The zero-order valence-corrected chi connectivity index (χ0v) is 6.69. The Bertz CT molecular complexity index is 256. The molecule has 0 aliphatic rings. The van der Waals surface area contributed by atoms with E-state index >= 15 is 0 Å². The SMILES string of the molecule is CC(=O)OC([O])c1ccccc1. The fourth-order valence-electron chi connectivity index (χ4n) is 0.829. The summed E-state index contributed by atoms with van der Waals surface area (Å²) in [5.41, 5.74) is 0.465. The molecule has 0 bridgehead atoms. The molecular formula is C9H9O3. The fraction of sp³-hybridized carbons (Fsp3) is 0.222. The Morgan fingerprint density at radius 3 is 2.42 bits per heavy atom. The maximum absolute atomic E-state index is 11.1. The molecule has 63 valence electrons. The summed E-state index contributed by atoms with van der Waals surface area (Å²) in [5.74, 6) is -0.557. The van der Waals surface area contributed by atoms with E-state index in [1.54, 1.807) is 30.3 Å². The number of esters is 1. The Morgan fingerprint density at radius 1 is 1.33 bits per heavy atom. The quantitative estimate of drug-likeness (QED) is 0.494. The van der Waals surface area contributed by atoms with Gasteiger partial charge in [-0.25, -0.2) is 0 Å². The number of hydrogen-bond acceptors (Lipinski definition) is 2. The Morgan fingerprint density at radius 2 is 1.92 bits per heavy atom. The van der Waals surface area contributed by atoms with Crippen molar-refractivity contribution >= 4 is 5.97 Å². The molecule has 0 heterocycles.